The molecule has 1 unspecified atom stereocenters. The minimum Gasteiger partial charge on any atom is -0.291 e. The summed E-state index contributed by atoms with van der Waals surface area (Å²) in [6, 6.07) is 4.51. The maximum absolute atomic E-state index is 13.5. The van der Waals surface area contributed by atoms with Gasteiger partial charge in [0.15, 0.2) is 5.78 Å². The summed E-state index contributed by atoms with van der Waals surface area (Å²) >= 11 is 1.07. The van der Waals surface area contributed by atoms with Crippen LogP contribution in [-0.2, 0) is 0 Å². The molecule has 0 radical (unpaired) electrons. The zero-order valence-electron chi connectivity index (χ0n) is 8.93. The standard InChI is InChI=1S/C12H6F2N2OS/c13-7-1-2-8(10(14)3-7)9(4-15)12(17)11-5-16-6-18-11/h1-3,5-6,9H. The van der Waals surface area contributed by atoms with E-state index in [0.29, 0.717) is 6.07 Å². The molecule has 0 N–H and O–H groups in total. The van der Waals surface area contributed by atoms with Crippen LogP contribution in [0.3, 0.4) is 0 Å². The molecule has 18 heavy (non-hydrogen) atoms. The summed E-state index contributed by atoms with van der Waals surface area (Å²) in [5.74, 6) is -3.48. The average molecular weight is 264 g/mol. The van der Waals surface area contributed by atoms with Crippen molar-refractivity contribution in [3.8, 4) is 6.07 Å². The van der Waals surface area contributed by atoms with Gasteiger partial charge < -0.3 is 0 Å². The molecule has 3 nitrogen and oxygen atoms in total. The molecule has 1 aromatic carbocycles. The van der Waals surface area contributed by atoms with Gasteiger partial charge in [0.05, 0.1) is 16.5 Å². The smallest absolute Gasteiger partial charge is 0.196 e. The van der Waals surface area contributed by atoms with E-state index in [1.54, 1.807) is 6.07 Å². The molecule has 1 aromatic heterocycles. The quantitative estimate of drug-likeness (QED) is 0.801. The number of thiazole rings is 1. The van der Waals surface area contributed by atoms with Crippen LogP contribution in [0.2, 0.25) is 0 Å². The molecule has 0 saturated carbocycles. The van der Waals surface area contributed by atoms with Crippen molar-refractivity contribution in [1.82, 2.24) is 4.98 Å². The van der Waals surface area contributed by atoms with E-state index in [1.807, 2.05) is 0 Å². The van der Waals surface area contributed by atoms with Gasteiger partial charge in [-0.15, -0.1) is 11.3 Å². The van der Waals surface area contributed by atoms with Gasteiger partial charge in [-0.1, -0.05) is 6.07 Å². The maximum Gasteiger partial charge on any atom is 0.196 e. The van der Waals surface area contributed by atoms with Crippen molar-refractivity contribution < 1.29 is 13.6 Å². The summed E-state index contributed by atoms with van der Waals surface area (Å²) in [5, 5.41) is 9.00. The van der Waals surface area contributed by atoms with E-state index >= 15 is 0 Å². The number of ketones is 1. The minimum atomic E-state index is -1.29. The fourth-order valence-corrected chi connectivity index (χ4v) is 2.08. The van der Waals surface area contributed by atoms with Gasteiger partial charge in [-0.05, 0) is 6.07 Å². The van der Waals surface area contributed by atoms with Crippen molar-refractivity contribution in [3.63, 3.8) is 0 Å². The van der Waals surface area contributed by atoms with Crippen LogP contribution in [0, 0.1) is 23.0 Å². The molecular weight excluding hydrogens is 258 g/mol. The number of halogens is 2. The molecule has 0 fully saturated rings. The fourth-order valence-electron chi connectivity index (χ4n) is 1.48. The Bertz CT molecular complexity index is 620. The second-order valence-corrected chi connectivity index (χ2v) is 4.34. The highest BCUT2D eigenvalue weighted by atomic mass is 32.1. The van der Waals surface area contributed by atoms with Gasteiger partial charge in [0.25, 0.3) is 0 Å². The van der Waals surface area contributed by atoms with Gasteiger partial charge in [0, 0.05) is 17.8 Å². The van der Waals surface area contributed by atoms with E-state index in [0.717, 1.165) is 23.5 Å². The summed E-state index contributed by atoms with van der Waals surface area (Å²) in [6.07, 6.45) is 1.32. The van der Waals surface area contributed by atoms with Gasteiger partial charge in [-0.2, -0.15) is 5.26 Å². The average Bonchev–Trinajstić information content (AvgIpc) is 2.86. The van der Waals surface area contributed by atoms with Gasteiger partial charge in [-0.25, -0.2) is 8.78 Å². The van der Waals surface area contributed by atoms with Crippen LogP contribution in [0.1, 0.15) is 21.2 Å². The number of benzene rings is 1. The Balaban J connectivity index is 2.41. The lowest BCUT2D eigenvalue weighted by Gasteiger charge is -2.08. The first kappa shape index (κ1) is 12.3. The first-order chi connectivity index (χ1) is 8.63. The third-order valence-electron chi connectivity index (χ3n) is 2.34. The second-order valence-electron chi connectivity index (χ2n) is 3.46. The van der Waals surface area contributed by atoms with Gasteiger partial charge in [-0.3, -0.25) is 9.78 Å². The minimum absolute atomic E-state index is 0.127. The highest BCUT2D eigenvalue weighted by Crippen LogP contribution is 2.25. The first-order valence-electron chi connectivity index (χ1n) is 4.90. The third-order valence-corrected chi connectivity index (χ3v) is 3.13. The molecule has 0 saturated heterocycles. The number of aromatic nitrogens is 1. The molecule has 90 valence electrons. The van der Waals surface area contributed by atoms with Crippen molar-refractivity contribution in [2.24, 2.45) is 0 Å². The van der Waals surface area contributed by atoms with E-state index in [2.05, 4.69) is 4.98 Å². The molecule has 2 aromatic rings. The van der Waals surface area contributed by atoms with Crippen molar-refractivity contribution in [3.05, 3.63) is 52.0 Å². The van der Waals surface area contributed by atoms with Gasteiger partial charge >= 0.3 is 0 Å². The number of Topliss-reactive ketones (excluding diaryl/α,β-unsaturated/α-hetero) is 1. The zero-order valence-corrected chi connectivity index (χ0v) is 9.75. The summed E-state index contributed by atoms with van der Waals surface area (Å²) in [6.45, 7) is 0. The summed E-state index contributed by atoms with van der Waals surface area (Å²) < 4.78 is 26.3. The Morgan fingerprint density at radius 1 is 1.44 bits per heavy atom. The Kier molecular flexibility index (Phi) is 3.44. The fraction of sp³-hybridized carbons (Fsp3) is 0.0833. The van der Waals surface area contributed by atoms with Crippen molar-refractivity contribution in [2.75, 3.05) is 0 Å². The van der Waals surface area contributed by atoms with Gasteiger partial charge in [0.1, 0.15) is 17.6 Å². The molecule has 0 bridgehead atoms. The third kappa shape index (κ3) is 2.26. The summed E-state index contributed by atoms with van der Waals surface area (Å²) in [5.41, 5.74) is 1.32. The highest BCUT2D eigenvalue weighted by Gasteiger charge is 2.25. The van der Waals surface area contributed by atoms with E-state index in [4.69, 9.17) is 5.26 Å². The molecule has 0 spiro atoms. The molecule has 1 heterocycles. The molecule has 0 amide bonds. The Morgan fingerprint density at radius 3 is 2.78 bits per heavy atom. The van der Waals surface area contributed by atoms with Crippen LogP contribution >= 0.6 is 11.3 Å². The number of hydrogen-bond acceptors (Lipinski definition) is 4. The SMILES string of the molecule is N#CC(C(=O)c1cncs1)c1ccc(F)cc1F. The largest absolute Gasteiger partial charge is 0.291 e. The lowest BCUT2D eigenvalue weighted by atomic mass is 9.95. The predicted molar refractivity (Wildman–Crippen MR) is 61.2 cm³/mol. The lowest BCUT2D eigenvalue weighted by Crippen LogP contribution is -2.11. The van der Waals surface area contributed by atoms with E-state index in [9.17, 15) is 13.6 Å². The number of nitriles is 1. The number of rotatable bonds is 3. The van der Waals surface area contributed by atoms with Crippen LogP contribution in [0.15, 0.2) is 29.9 Å². The molecule has 6 heteroatoms. The number of carbonyl (C=O) groups is 1. The molecule has 0 aliphatic heterocycles. The topological polar surface area (TPSA) is 53.8 Å². The molecule has 2 rings (SSSR count). The molecule has 0 aliphatic carbocycles. The highest BCUT2D eigenvalue weighted by molar-refractivity contribution is 7.11. The Labute approximate surface area is 105 Å². The monoisotopic (exact) mass is 264 g/mol. The number of nitrogens with zero attached hydrogens (tertiary/aromatic N) is 2. The predicted octanol–water partition coefficient (Wildman–Crippen LogP) is 2.91. The van der Waals surface area contributed by atoms with E-state index in [1.165, 1.54) is 11.7 Å². The summed E-state index contributed by atoms with van der Waals surface area (Å²) in [7, 11) is 0. The number of carbonyl (C=O) groups excluding carboxylic acids is 1. The van der Waals surface area contributed by atoms with Crippen LogP contribution in [0.25, 0.3) is 0 Å². The Morgan fingerprint density at radius 2 is 2.22 bits per heavy atom. The number of hydrogen-bond donors (Lipinski definition) is 0. The lowest BCUT2D eigenvalue weighted by molar-refractivity contribution is 0.0981. The molecule has 0 aliphatic rings. The zero-order chi connectivity index (χ0) is 13.1. The van der Waals surface area contributed by atoms with Crippen LogP contribution in [0.5, 0.6) is 0 Å². The second kappa shape index (κ2) is 5.02. The van der Waals surface area contributed by atoms with Crippen molar-refractivity contribution in [1.29, 1.82) is 5.26 Å². The summed E-state index contributed by atoms with van der Waals surface area (Å²) in [4.78, 5) is 16.0. The van der Waals surface area contributed by atoms with Crippen molar-refractivity contribution in [2.45, 2.75) is 5.92 Å². The molecule has 1 atom stereocenters. The van der Waals surface area contributed by atoms with Crippen LogP contribution < -0.4 is 0 Å². The maximum atomic E-state index is 13.5. The molecular formula is C12H6F2N2OS. The van der Waals surface area contributed by atoms with Gasteiger partial charge in [0.2, 0.25) is 0 Å². The Hall–Kier alpha value is -2.13. The van der Waals surface area contributed by atoms with Crippen molar-refractivity contribution >= 4 is 17.1 Å². The van der Waals surface area contributed by atoms with Crippen LogP contribution in [0.4, 0.5) is 8.78 Å². The van der Waals surface area contributed by atoms with E-state index < -0.39 is 23.3 Å². The first-order valence-corrected chi connectivity index (χ1v) is 5.78. The van der Waals surface area contributed by atoms with E-state index in [-0.39, 0.29) is 10.4 Å². The normalized spacial score (nSPS) is 11.8. The van der Waals surface area contributed by atoms with Crippen LogP contribution in [-0.4, -0.2) is 10.8 Å².